The van der Waals surface area contributed by atoms with Gasteiger partial charge in [-0.25, -0.2) is 5.43 Å². The Balaban J connectivity index is 1.90. The first-order valence-corrected chi connectivity index (χ1v) is 7.31. The summed E-state index contributed by atoms with van der Waals surface area (Å²) in [6, 6.07) is 14.6. The molecule has 0 aromatic heterocycles. The van der Waals surface area contributed by atoms with Gasteiger partial charge in [0.15, 0.2) is 0 Å². The largest absolute Gasteiger partial charge is 0.329 e. The second-order valence-electron chi connectivity index (χ2n) is 4.52. The van der Waals surface area contributed by atoms with Crippen molar-refractivity contribution >= 4 is 39.6 Å². The van der Waals surface area contributed by atoms with Gasteiger partial charge in [0.25, 0.3) is 0 Å². The van der Waals surface area contributed by atoms with Gasteiger partial charge in [-0.05, 0) is 36.2 Å². The number of carbonyl (C=O) groups is 2. The molecule has 0 radical (unpaired) electrons. The first-order valence-electron chi connectivity index (χ1n) is 6.52. The number of hydrogen-bond acceptors (Lipinski definition) is 3. The minimum Gasteiger partial charge on any atom is -0.317 e. The van der Waals surface area contributed by atoms with E-state index in [2.05, 4.69) is 31.8 Å². The molecule has 2 aromatic rings. The highest BCUT2D eigenvalue weighted by molar-refractivity contribution is 9.10. The molecule has 0 fully saturated rings. The smallest absolute Gasteiger partial charge is 0.317 e. The molecule has 22 heavy (non-hydrogen) atoms. The fraction of sp³-hybridized carbons (Fsp3) is 0.0625. The van der Waals surface area contributed by atoms with E-state index >= 15 is 0 Å². The van der Waals surface area contributed by atoms with E-state index in [4.69, 9.17) is 0 Å². The van der Waals surface area contributed by atoms with Crippen LogP contribution >= 0.6 is 15.9 Å². The van der Waals surface area contributed by atoms with Crippen LogP contribution in [0.4, 0.5) is 5.69 Å². The van der Waals surface area contributed by atoms with Crippen LogP contribution in [0.15, 0.2) is 58.1 Å². The van der Waals surface area contributed by atoms with Crippen molar-refractivity contribution in [1.82, 2.24) is 5.43 Å². The molecule has 0 aliphatic carbocycles. The number of halogens is 1. The van der Waals surface area contributed by atoms with Gasteiger partial charge in [0.1, 0.15) is 0 Å². The van der Waals surface area contributed by atoms with Gasteiger partial charge < -0.3 is 5.32 Å². The Morgan fingerprint density at radius 1 is 1.05 bits per heavy atom. The monoisotopic (exact) mass is 359 g/mol. The molecule has 2 rings (SSSR count). The molecule has 2 aromatic carbocycles. The van der Waals surface area contributed by atoms with Crippen LogP contribution in [0.1, 0.15) is 11.1 Å². The third-order valence-electron chi connectivity index (χ3n) is 2.85. The van der Waals surface area contributed by atoms with Gasteiger partial charge in [0, 0.05) is 10.2 Å². The number of amides is 2. The summed E-state index contributed by atoms with van der Waals surface area (Å²) >= 11 is 3.33. The number of hydrazone groups is 1. The van der Waals surface area contributed by atoms with Crippen molar-refractivity contribution in [3.8, 4) is 0 Å². The number of benzene rings is 2. The van der Waals surface area contributed by atoms with Gasteiger partial charge in [-0.2, -0.15) is 5.10 Å². The fourth-order valence-electron chi connectivity index (χ4n) is 1.66. The minimum absolute atomic E-state index is 0.597. The van der Waals surface area contributed by atoms with Crippen molar-refractivity contribution in [2.24, 2.45) is 5.10 Å². The predicted molar refractivity (Wildman–Crippen MR) is 89.7 cm³/mol. The first-order chi connectivity index (χ1) is 10.6. The average Bonchev–Trinajstić information content (AvgIpc) is 2.51. The molecule has 2 N–H and O–H groups in total. The summed E-state index contributed by atoms with van der Waals surface area (Å²) in [4.78, 5) is 23.4. The van der Waals surface area contributed by atoms with Crippen LogP contribution in [0, 0.1) is 6.92 Å². The molecule has 0 heterocycles. The van der Waals surface area contributed by atoms with E-state index in [0.29, 0.717) is 5.69 Å². The second kappa shape index (κ2) is 7.51. The lowest BCUT2D eigenvalue weighted by Gasteiger charge is -2.06. The van der Waals surface area contributed by atoms with Gasteiger partial charge in [-0.15, -0.1) is 0 Å². The molecule has 0 saturated heterocycles. The Morgan fingerprint density at radius 3 is 2.41 bits per heavy atom. The molecular formula is C16H14BrN3O2. The van der Waals surface area contributed by atoms with Crippen molar-refractivity contribution in [3.63, 3.8) is 0 Å². The number of nitrogens with one attached hydrogen (secondary N) is 2. The van der Waals surface area contributed by atoms with Crippen LogP contribution in [0.2, 0.25) is 0 Å². The molecule has 6 heteroatoms. The van der Waals surface area contributed by atoms with Gasteiger partial charge in [0.05, 0.1) is 6.21 Å². The lowest BCUT2D eigenvalue weighted by atomic mass is 10.2. The summed E-state index contributed by atoms with van der Waals surface area (Å²) in [7, 11) is 0. The summed E-state index contributed by atoms with van der Waals surface area (Å²) < 4.78 is 0.950. The highest BCUT2D eigenvalue weighted by Crippen LogP contribution is 2.12. The number of rotatable bonds is 3. The molecule has 0 atom stereocenters. The summed E-state index contributed by atoms with van der Waals surface area (Å²) in [5.41, 5.74) is 4.47. The Kier molecular flexibility index (Phi) is 5.43. The van der Waals surface area contributed by atoms with Crippen molar-refractivity contribution in [3.05, 3.63) is 64.1 Å². The molecule has 112 valence electrons. The van der Waals surface area contributed by atoms with E-state index in [1.54, 1.807) is 12.1 Å². The van der Waals surface area contributed by atoms with E-state index in [0.717, 1.165) is 15.6 Å². The van der Waals surface area contributed by atoms with Gasteiger partial charge >= 0.3 is 11.8 Å². The summed E-state index contributed by atoms with van der Waals surface area (Å²) in [5.74, 6) is -1.58. The Labute approximate surface area is 136 Å². The lowest BCUT2D eigenvalue weighted by Crippen LogP contribution is -2.32. The van der Waals surface area contributed by atoms with Crippen LogP contribution in [0.3, 0.4) is 0 Å². The maximum Gasteiger partial charge on any atom is 0.329 e. The van der Waals surface area contributed by atoms with Crippen LogP contribution in [0.5, 0.6) is 0 Å². The quantitative estimate of drug-likeness (QED) is 0.502. The molecular weight excluding hydrogens is 346 g/mol. The molecule has 5 nitrogen and oxygen atoms in total. The molecule has 0 saturated carbocycles. The predicted octanol–water partition coefficient (Wildman–Crippen LogP) is 2.85. The number of nitrogens with zero attached hydrogens (tertiary/aromatic N) is 1. The third kappa shape index (κ3) is 4.53. The van der Waals surface area contributed by atoms with Gasteiger partial charge in [-0.1, -0.05) is 46.3 Å². The van der Waals surface area contributed by atoms with Gasteiger partial charge in [-0.3, -0.25) is 9.59 Å². The minimum atomic E-state index is -0.823. The maximum absolute atomic E-state index is 11.7. The highest BCUT2D eigenvalue weighted by atomic mass is 79.9. The summed E-state index contributed by atoms with van der Waals surface area (Å²) in [6.45, 7) is 1.85. The molecule has 0 aliphatic heterocycles. The average molecular weight is 360 g/mol. The van der Waals surface area contributed by atoms with E-state index in [9.17, 15) is 9.59 Å². The van der Waals surface area contributed by atoms with Crippen LogP contribution in [0.25, 0.3) is 0 Å². The van der Waals surface area contributed by atoms with E-state index in [1.807, 2.05) is 43.3 Å². The highest BCUT2D eigenvalue weighted by Gasteiger charge is 2.13. The molecule has 0 aliphatic rings. The lowest BCUT2D eigenvalue weighted by molar-refractivity contribution is -0.136. The van der Waals surface area contributed by atoms with E-state index < -0.39 is 11.8 Å². The van der Waals surface area contributed by atoms with Gasteiger partial charge in [0.2, 0.25) is 0 Å². The standard InChI is InChI=1S/C16H14BrN3O2/c1-11-4-2-3-5-14(11)19-15(21)16(22)20-18-10-12-6-8-13(17)9-7-12/h2-10H,1H3,(H,19,21)(H,20,22)/b18-10-. The second-order valence-corrected chi connectivity index (χ2v) is 5.44. The normalized spacial score (nSPS) is 10.5. The number of para-hydroxylation sites is 1. The van der Waals surface area contributed by atoms with E-state index in [-0.39, 0.29) is 0 Å². The summed E-state index contributed by atoms with van der Waals surface area (Å²) in [5, 5.41) is 6.29. The Morgan fingerprint density at radius 2 is 1.73 bits per heavy atom. The number of aryl methyl sites for hydroxylation is 1. The Bertz CT molecular complexity index is 712. The number of anilines is 1. The third-order valence-corrected chi connectivity index (χ3v) is 3.38. The number of hydrogen-bond donors (Lipinski definition) is 2. The zero-order valence-electron chi connectivity index (χ0n) is 11.8. The topological polar surface area (TPSA) is 70.6 Å². The van der Waals surface area contributed by atoms with Crippen LogP contribution < -0.4 is 10.7 Å². The van der Waals surface area contributed by atoms with Crippen molar-refractivity contribution < 1.29 is 9.59 Å². The fourth-order valence-corrected chi connectivity index (χ4v) is 1.92. The number of carbonyl (C=O) groups excluding carboxylic acids is 2. The summed E-state index contributed by atoms with van der Waals surface area (Å²) in [6.07, 6.45) is 1.46. The molecule has 0 unspecified atom stereocenters. The van der Waals surface area contributed by atoms with Crippen molar-refractivity contribution in [2.75, 3.05) is 5.32 Å². The molecule has 0 spiro atoms. The molecule has 2 amide bonds. The molecule has 0 bridgehead atoms. The Hall–Kier alpha value is -2.47. The van der Waals surface area contributed by atoms with E-state index in [1.165, 1.54) is 6.21 Å². The first kappa shape index (κ1) is 15.9. The SMILES string of the molecule is Cc1ccccc1NC(=O)C(=O)N/N=C\c1ccc(Br)cc1. The zero-order valence-corrected chi connectivity index (χ0v) is 13.4. The van der Waals surface area contributed by atoms with Crippen LogP contribution in [-0.4, -0.2) is 18.0 Å². The van der Waals surface area contributed by atoms with Crippen molar-refractivity contribution in [1.29, 1.82) is 0 Å². The maximum atomic E-state index is 11.7. The zero-order chi connectivity index (χ0) is 15.9. The van der Waals surface area contributed by atoms with Crippen molar-refractivity contribution in [2.45, 2.75) is 6.92 Å². The van der Waals surface area contributed by atoms with Crippen LogP contribution in [-0.2, 0) is 9.59 Å².